The van der Waals surface area contributed by atoms with E-state index in [0.29, 0.717) is 5.57 Å². The van der Waals surface area contributed by atoms with Gasteiger partial charge in [0, 0.05) is 18.7 Å². The first kappa shape index (κ1) is 13.2. The van der Waals surface area contributed by atoms with Crippen LogP contribution in [0.5, 0.6) is 0 Å². The maximum atomic E-state index is 11.2. The molecule has 1 heterocycles. The molecule has 3 nitrogen and oxygen atoms in total. The van der Waals surface area contributed by atoms with E-state index in [2.05, 4.69) is 23.5 Å². The number of piperidine rings is 1. The fourth-order valence-corrected chi connectivity index (χ4v) is 2.03. The lowest BCUT2D eigenvalue weighted by molar-refractivity contribution is -0.136. The Bertz CT molecular complexity index is 273. The van der Waals surface area contributed by atoms with Gasteiger partial charge >= 0.3 is 5.97 Å². The highest BCUT2D eigenvalue weighted by Crippen LogP contribution is 2.22. The summed E-state index contributed by atoms with van der Waals surface area (Å²) in [4.78, 5) is 13.6. The van der Waals surface area contributed by atoms with Crippen molar-refractivity contribution in [2.45, 2.75) is 27.2 Å². The average Bonchev–Trinajstić information content (AvgIpc) is 2.29. The highest BCUT2D eigenvalue weighted by atomic mass is 16.5. The number of hydrogen-bond donors (Lipinski definition) is 0. The Morgan fingerprint density at radius 1 is 1.44 bits per heavy atom. The van der Waals surface area contributed by atoms with Crippen molar-refractivity contribution in [2.75, 3.05) is 26.7 Å². The minimum Gasteiger partial charge on any atom is -0.466 e. The van der Waals surface area contributed by atoms with Gasteiger partial charge in [-0.3, -0.25) is 4.90 Å². The molecule has 0 aromatic rings. The van der Waals surface area contributed by atoms with Gasteiger partial charge in [0.25, 0.3) is 0 Å². The van der Waals surface area contributed by atoms with Gasteiger partial charge in [-0.1, -0.05) is 19.9 Å². The quantitative estimate of drug-likeness (QED) is 0.544. The summed E-state index contributed by atoms with van der Waals surface area (Å²) < 4.78 is 4.66. The number of methoxy groups -OCH3 is 1. The summed E-state index contributed by atoms with van der Waals surface area (Å²) in [6, 6.07) is 0. The van der Waals surface area contributed by atoms with Crippen LogP contribution in [0.1, 0.15) is 27.2 Å². The number of carbonyl (C=O) groups excluding carboxylic acids is 1. The molecule has 1 saturated heterocycles. The highest BCUT2D eigenvalue weighted by molar-refractivity contribution is 5.87. The molecule has 0 saturated carbocycles. The standard InChI is InChI=1S/C13H23NO2/c1-10-5-7-14(9-12(10)3)8-6-11(2)13(15)16-4/h6,10,12H,5,7-9H2,1-4H3. The molecular weight excluding hydrogens is 202 g/mol. The minimum absolute atomic E-state index is 0.224. The van der Waals surface area contributed by atoms with Crippen molar-refractivity contribution in [1.82, 2.24) is 4.90 Å². The second-order valence-corrected chi connectivity index (χ2v) is 4.88. The van der Waals surface area contributed by atoms with Gasteiger partial charge in [-0.25, -0.2) is 4.79 Å². The van der Waals surface area contributed by atoms with Gasteiger partial charge in [-0.05, 0) is 31.7 Å². The van der Waals surface area contributed by atoms with Crippen LogP contribution in [-0.4, -0.2) is 37.6 Å². The van der Waals surface area contributed by atoms with E-state index >= 15 is 0 Å². The first-order valence-electron chi connectivity index (χ1n) is 6.02. The minimum atomic E-state index is -0.224. The van der Waals surface area contributed by atoms with Gasteiger partial charge in [0.05, 0.1) is 7.11 Å². The van der Waals surface area contributed by atoms with Gasteiger partial charge in [0.2, 0.25) is 0 Å². The van der Waals surface area contributed by atoms with Crippen LogP contribution in [-0.2, 0) is 9.53 Å². The molecule has 1 fully saturated rings. The van der Waals surface area contributed by atoms with Crippen molar-refractivity contribution in [3.05, 3.63) is 11.6 Å². The number of esters is 1. The van der Waals surface area contributed by atoms with E-state index in [-0.39, 0.29) is 5.97 Å². The fraction of sp³-hybridized carbons (Fsp3) is 0.769. The summed E-state index contributed by atoms with van der Waals surface area (Å²) >= 11 is 0. The monoisotopic (exact) mass is 225 g/mol. The Hall–Kier alpha value is -0.830. The molecule has 0 aromatic carbocycles. The zero-order valence-corrected chi connectivity index (χ0v) is 10.8. The lowest BCUT2D eigenvalue weighted by Gasteiger charge is -2.34. The number of hydrogen-bond acceptors (Lipinski definition) is 3. The smallest absolute Gasteiger partial charge is 0.333 e. The molecule has 0 aliphatic carbocycles. The predicted octanol–water partition coefficient (Wildman–Crippen LogP) is 2.08. The molecule has 2 unspecified atom stereocenters. The summed E-state index contributed by atoms with van der Waals surface area (Å²) in [5.74, 6) is 1.35. The Kier molecular flexibility index (Phi) is 5.00. The Balaban J connectivity index is 2.41. The SMILES string of the molecule is COC(=O)C(C)=CCN1CCC(C)C(C)C1. The van der Waals surface area contributed by atoms with Crippen LogP contribution in [0, 0.1) is 11.8 Å². The molecule has 0 bridgehead atoms. The molecule has 1 aliphatic rings. The normalized spacial score (nSPS) is 27.9. The number of rotatable bonds is 3. The molecule has 92 valence electrons. The van der Waals surface area contributed by atoms with Crippen LogP contribution < -0.4 is 0 Å². The molecule has 16 heavy (non-hydrogen) atoms. The topological polar surface area (TPSA) is 29.5 Å². The van der Waals surface area contributed by atoms with Crippen molar-refractivity contribution >= 4 is 5.97 Å². The van der Waals surface area contributed by atoms with Gasteiger partial charge in [-0.2, -0.15) is 0 Å². The second kappa shape index (κ2) is 6.04. The molecule has 3 heteroatoms. The van der Waals surface area contributed by atoms with Gasteiger partial charge in [-0.15, -0.1) is 0 Å². The highest BCUT2D eigenvalue weighted by Gasteiger charge is 2.21. The summed E-state index contributed by atoms with van der Waals surface area (Å²) in [5.41, 5.74) is 0.703. The molecule has 0 aromatic heterocycles. The van der Waals surface area contributed by atoms with Crippen molar-refractivity contribution in [1.29, 1.82) is 0 Å². The Labute approximate surface area is 98.5 Å². The number of nitrogens with zero attached hydrogens (tertiary/aromatic N) is 1. The first-order valence-corrected chi connectivity index (χ1v) is 6.02. The van der Waals surface area contributed by atoms with Crippen LogP contribution in [0.25, 0.3) is 0 Å². The van der Waals surface area contributed by atoms with E-state index in [1.807, 2.05) is 13.0 Å². The van der Waals surface area contributed by atoms with Crippen molar-refractivity contribution in [3.63, 3.8) is 0 Å². The lowest BCUT2D eigenvalue weighted by Crippen LogP contribution is -2.38. The number of likely N-dealkylation sites (tertiary alicyclic amines) is 1. The molecule has 0 amide bonds. The second-order valence-electron chi connectivity index (χ2n) is 4.88. The largest absolute Gasteiger partial charge is 0.466 e. The molecule has 0 radical (unpaired) electrons. The number of ether oxygens (including phenoxy) is 1. The van der Waals surface area contributed by atoms with Crippen molar-refractivity contribution in [2.24, 2.45) is 11.8 Å². The van der Waals surface area contributed by atoms with Crippen LogP contribution >= 0.6 is 0 Å². The zero-order chi connectivity index (χ0) is 12.1. The van der Waals surface area contributed by atoms with Crippen LogP contribution in [0.2, 0.25) is 0 Å². The summed E-state index contributed by atoms with van der Waals surface area (Å²) in [6.45, 7) is 9.55. The van der Waals surface area contributed by atoms with Gasteiger partial charge in [0.15, 0.2) is 0 Å². The maximum Gasteiger partial charge on any atom is 0.333 e. The molecule has 0 spiro atoms. The zero-order valence-electron chi connectivity index (χ0n) is 10.8. The molecule has 0 N–H and O–H groups in total. The third-order valence-electron chi connectivity index (χ3n) is 3.58. The molecule has 1 aliphatic heterocycles. The fourth-order valence-electron chi connectivity index (χ4n) is 2.03. The van der Waals surface area contributed by atoms with Crippen LogP contribution in [0.15, 0.2) is 11.6 Å². The van der Waals surface area contributed by atoms with E-state index < -0.39 is 0 Å². The lowest BCUT2D eigenvalue weighted by atomic mass is 9.89. The Morgan fingerprint density at radius 3 is 2.69 bits per heavy atom. The van der Waals surface area contributed by atoms with Crippen LogP contribution in [0.4, 0.5) is 0 Å². The first-order chi connectivity index (χ1) is 7.54. The Morgan fingerprint density at radius 2 is 2.12 bits per heavy atom. The van der Waals surface area contributed by atoms with Gasteiger partial charge < -0.3 is 4.74 Å². The van der Waals surface area contributed by atoms with Gasteiger partial charge in [0.1, 0.15) is 0 Å². The van der Waals surface area contributed by atoms with Crippen molar-refractivity contribution < 1.29 is 9.53 Å². The van der Waals surface area contributed by atoms with Crippen LogP contribution in [0.3, 0.4) is 0 Å². The van der Waals surface area contributed by atoms with E-state index in [4.69, 9.17) is 0 Å². The molecule has 2 atom stereocenters. The van der Waals surface area contributed by atoms with E-state index in [1.54, 1.807) is 0 Å². The average molecular weight is 225 g/mol. The van der Waals surface area contributed by atoms with E-state index in [9.17, 15) is 4.79 Å². The third kappa shape index (κ3) is 3.63. The van der Waals surface area contributed by atoms with E-state index in [1.165, 1.54) is 13.5 Å². The summed E-state index contributed by atoms with van der Waals surface area (Å²) in [6.07, 6.45) is 3.22. The van der Waals surface area contributed by atoms with Crippen molar-refractivity contribution in [3.8, 4) is 0 Å². The summed E-state index contributed by atoms with van der Waals surface area (Å²) in [5, 5.41) is 0. The van der Waals surface area contributed by atoms with E-state index in [0.717, 1.165) is 31.5 Å². The summed E-state index contributed by atoms with van der Waals surface area (Å²) in [7, 11) is 1.42. The third-order valence-corrected chi connectivity index (χ3v) is 3.58. The predicted molar refractivity (Wildman–Crippen MR) is 65.2 cm³/mol. The molecular formula is C13H23NO2. The maximum absolute atomic E-state index is 11.2. The molecule has 1 rings (SSSR count). The number of carbonyl (C=O) groups is 1.